The molecule has 0 saturated heterocycles. The van der Waals surface area contributed by atoms with Crippen LogP contribution in [-0.4, -0.2) is 9.97 Å². The highest BCUT2D eigenvalue weighted by Gasteiger charge is 2.14. The number of imidazole rings is 1. The summed E-state index contributed by atoms with van der Waals surface area (Å²) in [7, 11) is 0. The van der Waals surface area contributed by atoms with E-state index in [0.29, 0.717) is 26.5 Å². The van der Waals surface area contributed by atoms with E-state index in [1.54, 1.807) is 12.1 Å². The fourth-order valence-electron chi connectivity index (χ4n) is 2.40. The van der Waals surface area contributed by atoms with Crippen LogP contribution < -0.4 is 0 Å². The minimum Gasteiger partial charge on any atom is -0.345 e. The van der Waals surface area contributed by atoms with Gasteiger partial charge in [0.05, 0.1) is 15.7 Å². The van der Waals surface area contributed by atoms with E-state index in [9.17, 15) is 0 Å². The molecule has 0 unspecified atom stereocenters. The van der Waals surface area contributed by atoms with Gasteiger partial charge in [-0.25, -0.2) is 4.98 Å². The van der Waals surface area contributed by atoms with E-state index in [2.05, 4.69) is 9.97 Å². The maximum absolute atomic E-state index is 6.29. The molecule has 1 aromatic heterocycles. The van der Waals surface area contributed by atoms with E-state index in [4.69, 9.17) is 46.4 Å². The van der Waals surface area contributed by atoms with Crippen LogP contribution in [0.4, 0.5) is 0 Å². The predicted molar refractivity (Wildman–Crippen MR) is 98.0 cm³/mol. The van der Waals surface area contributed by atoms with E-state index in [-0.39, 0.29) is 0 Å². The lowest BCUT2D eigenvalue weighted by atomic mass is 10.1. The lowest BCUT2D eigenvalue weighted by Crippen LogP contribution is -1.92. The van der Waals surface area contributed by atoms with E-state index in [0.717, 1.165) is 28.3 Å². The molecule has 0 amide bonds. The van der Waals surface area contributed by atoms with Crippen LogP contribution in [0.25, 0.3) is 11.3 Å². The van der Waals surface area contributed by atoms with Crippen LogP contribution >= 0.6 is 46.4 Å². The molecule has 3 aromatic rings. The van der Waals surface area contributed by atoms with Gasteiger partial charge in [0.2, 0.25) is 0 Å². The summed E-state index contributed by atoms with van der Waals surface area (Å²) >= 11 is 24.5. The van der Waals surface area contributed by atoms with Crippen molar-refractivity contribution in [1.82, 2.24) is 9.97 Å². The molecule has 0 aliphatic carbocycles. The van der Waals surface area contributed by atoms with E-state index in [1.807, 2.05) is 31.2 Å². The van der Waals surface area contributed by atoms with Crippen LogP contribution in [0.1, 0.15) is 17.1 Å². The highest BCUT2D eigenvalue weighted by Crippen LogP contribution is 2.34. The van der Waals surface area contributed by atoms with E-state index in [1.165, 1.54) is 0 Å². The summed E-state index contributed by atoms with van der Waals surface area (Å²) in [5, 5.41) is 2.24. The second-order valence-corrected chi connectivity index (χ2v) is 6.80. The third-order valence-electron chi connectivity index (χ3n) is 3.51. The molecule has 2 nitrogen and oxygen atoms in total. The van der Waals surface area contributed by atoms with Crippen LogP contribution in [0.3, 0.4) is 0 Å². The lowest BCUT2D eigenvalue weighted by Gasteiger charge is -2.04. The number of aromatic nitrogens is 2. The van der Waals surface area contributed by atoms with Gasteiger partial charge in [0.25, 0.3) is 0 Å². The summed E-state index contributed by atoms with van der Waals surface area (Å²) in [4.78, 5) is 7.93. The minimum atomic E-state index is 0.500. The molecule has 0 aliphatic heterocycles. The van der Waals surface area contributed by atoms with Gasteiger partial charge in [-0.2, -0.15) is 0 Å². The number of nitrogens with zero attached hydrogens (tertiary/aromatic N) is 1. The highest BCUT2D eigenvalue weighted by molar-refractivity contribution is 6.43. The predicted octanol–water partition coefficient (Wildman–Crippen LogP) is 6.59. The first kappa shape index (κ1) is 16.7. The first-order valence-corrected chi connectivity index (χ1v) is 8.40. The largest absolute Gasteiger partial charge is 0.345 e. The summed E-state index contributed by atoms with van der Waals surface area (Å²) < 4.78 is 0. The molecule has 23 heavy (non-hydrogen) atoms. The van der Waals surface area contributed by atoms with Gasteiger partial charge in [0, 0.05) is 27.7 Å². The van der Waals surface area contributed by atoms with Gasteiger partial charge in [-0.05, 0) is 30.7 Å². The number of aryl methyl sites for hydroxylation is 1. The molecule has 3 rings (SSSR count). The zero-order valence-electron chi connectivity index (χ0n) is 12.1. The monoisotopic (exact) mass is 384 g/mol. The van der Waals surface area contributed by atoms with Gasteiger partial charge in [0.15, 0.2) is 0 Å². The normalized spacial score (nSPS) is 11.0. The van der Waals surface area contributed by atoms with Crippen LogP contribution in [0, 0.1) is 6.92 Å². The molecule has 0 saturated carbocycles. The maximum atomic E-state index is 6.29. The van der Waals surface area contributed by atoms with E-state index < -0.39 is 0 Å². The Morgan fingerprint density at radius 2 is 1.78 bits per heavy atom. The zero-order valence-corrected chi connectivity index (χ0v) is 15.2. The summed E-state index contributed by atoms with van der Waals surface area (Å²) in [5.74, 6) is 0.803. The molecule has 6 heteroatoms. The fraction of sp³-hybridized carbons (Fsp3) is 0.118. The van der Waals surface area contributed by atoms with Crippen molar-refractivity contribution in [2.24, 2.45) is 0 Å². The van der Waals surface area contributed by atoms with Crippen molar-refractivity contribution in [1.29, 1.82) is 0 Å². The zero-order chi connectivity index (χ0) is 16.6. The van der Waals surface area contributed by atoms with E-state index >= 15 is 0 Å². The summed E-state index contributed by atoms with van der Waals surface area (Å²) in [6, 6.07) is 10.9. The van der Waals surface area contributed by atoms with Gasteiger partial charge in [-0.3, -0.25) is 0 Å². The first-order valence-electron chi connectivity index (χ1n) is 6.89. The molecule has 0 fully saturated rings. The Labute approximate surface area is 154 Å². The van der Waals surface area contributed by atoms with Crippen molar-refractivity contribution in [3.8, 4) is 11.3 Å². The third kappa shape index (κ3) is 3.51. The Morgan fingerprint density at radius 3 is 2.52 bits per heavy atom. The molecule has 0 spiro atoms. The second-order valence-electron chi connectivity index (χ2n) is 5.17. The number of rotatable bonds is 3. The highest BCUT2D eigenvalue weighted by atomic mass is 35.5. The van der Waals surface area contributed by atoms with Crippen molar-refractivity contribution in [2.75, 3.05) is 0 Å². The standard InChI is InChI=1S/C17H12Cl4N2/c1-9-17(12-3-2-4-13(19)16(12)21)23-15(22-9)7-10-5-6-11(18)8-14(10)20/h2-6,8H,7H2,1H3,(H,22,23). The number of hydrogen-bond donors (Lipinski definition) is 1. The van der Waals surface area contributed by atoms with Crippen LogP contribution in [0.5, 0.6) is 0 Å². The number of H-pyrrole nitrogens is 1. The van der Waals surface area contributed by atoms with Gasteiger partial charge >= 0.3 is 0 Å². The van der Waals surface area contributed by atoms with Crippen molar-refractivity contribution in [3.05, 3.63) is 73.6 Å². The molecule has 0 bridgehead atoms. The molecule has 1 N–H and O–H groups in total. The quantitative estimate of drug-likeness (QED) is 0.541. The van der Waals surface area contributed by atoms with Gasteiger partial charge in [-0.15, -0.1) is 0 Å². The molecule has 118 valence electrons. The number of halogens is 4. The fourth-order valence-corrected chi connectivity index (χ4v) is 3.27. The molecule has 2 aromatic carbocycles. The Morgan fingerprint density at radius 1 is 1.00 bits per heavy atom. The number of nitrogens with one attached hydrogen (secondary N) is 1. The van der Waals surface area contributed by atoms with Crippen LogP contribution in [0.2, 0.25) is 20.1 Å². The Kier molecular flexibility index (Phi) is 4.88. The molecular weight excluding hydrogens is 374 g/mol. The summed E-state index contributed by atoms with van der Waals surface area (Å²) in [6.45, 7) is 1.95. The van der Waals surface area contributed by atoms with Crippen molar-refractivity contribution in [3.63, 3.8) is 0 Å². The lowest BCUT2D eigenvalue weighted by molar-refractivity contribution is 1.02. The average Bonchev–Trinajstić information content (AvgIpc) is 2.85. The van der Waals surface area contributed by atoms with Gasteiger partial charge < -0.3 is 4.98 Å². The molecule has 0 radical (unpaired) electrons. The van der Waals surface area contributed by atoms with Crippen LogP contribution in [-0.2, 0) is 6.42 Å². The number of aromatic amines is 1. The first-order chi connectivity index (χ1) is 11.0. The third-order valence-corrected chi connectivity index (χ3v) is 4.92. The topological polar surface area (TPSA) is 28.7 Å². The average molecular weight is 386 g/mol. The summed E-state index contributed by atoms with van der Waals surface area (Å²) in [6.07, 6.45) is 0.578. The second kappa shape index (κ2) is 6.74. The molecule has 0 atom stereocenters. The van der Waals surface area contributed by atoms with Crippen molar-refractivity contribution < 1.29 is 0 Å². The smallest absolute Gasteiger partial charge is 0.111 e. The Bertz CT molecular complexity index is 871. The SMILES string of the molecule is Cc1[nH]c(Cc2ccc(Cl)cc2Cl)nc1-c1cccc(Cl)c1Cl. The molecule has 1 heterocycles. The number of benzene rings is 2. The maximum Gasteiger partial charge on any atom is 0.111 e. The summed E-state index contributed by atoms with van der Waals surface area (Å²) in [5.41, 5.74) is 3.47. The van der Waals surface area contributed by atoms with Crippen molar-refractivity contribution >= 4 is 46.4 Å². The van der Waals surface area contributed by atoms with Crippen molar-refractivity contribution in [2.45, 2.75) is 13.3 Å². The minimum absolute atomic E-state index is 0.500. The van der Waals surface area contributed by atoms with Gasteiger partial charge in [-0.1, -0.05) is 64.6 Å². The number of hydrogen-bond acceptors (Lipinski definition) is 1. The van der Waals surface area contributed by atoms with Crippen LogP contribution in [0.15, 0.2) is 36.4 Å². The Hall–Kier alpha value is -1.19. The Balaban J connectivity index is 1.96. The molecular formula is C17H12Cl4N2. The van der Waals surface area contributed by atoms with Gasteiger partial charge in [0.1, 0.15) is 5.82 Å². The molecule has 0 aliphatic rings.